The Morgan fingerprint density at radius 1 is 0.271 bits per heavy atom. The van der Waals surface area contributed by atoms with Crippen molar-refractivity contribution >= 4 is 117 Å². The van der Waals surface area contributed by atoms with Crippen molar-refractivity contribution < 1.29 is 0 Å². The Bertz CT molecular complexity index is 4530. The van der Waals surface area contributed by atoms with E-state index in [9.17, 15) is 0 Å². The lowest BCUT2D eigenvalue weighted by atomic mass is 9.91. The zero-order chi connectivity index (χ0) is 45.9. The van der Waals surface area contributed by atoms with Gasteiger partial charge < -0.3 is 0 Å². The molecule has 0 spiro atoms. The predicted octanol–water partition coefficient (Wildman–Crippen LogP) is 19.3. The summed E-state index contributed by atoms with van der Waals surface area (Å²) in [5, 5.41) is 14.6. The van der Waals surface area contributed by atoms with Gasteiger partial charge >= 0.3 is 0 Å². The van der Waals surface area contributed by atoms with Crippen molar-refractivity contribution in [3.63, 3.8) is 0 Å². The Morgan fingerprint density at radius 2 is 0.700 bits per heavy atom. The van der Waals surface area contributed by atoms with Crippen molar-refractivity contribution in [2.45, 2.75) is 0 Å². The monoisotopic (exact) mass is 922 g/mol. The Labute approximate surface area is 411 Å². The van der Waals surface area contributed by atoms with Crippen molar-refractivity contribution in [3.05, 3.63) is 231 Å². The van der Waals surface area contributed by atoms with E-state index in [1.807, 2.05) is 28.9 Å². The van der Waals surface area contributed by atoms with Crippen LogP contribution in [-0.2, 0) is 0 Å². The Hall–Kier alpha value is -8.54. The maximum absolute atomic E-state index is 5.78. The lowest BCUT2D eigenvalue weighted by Gasteiger charge is -2.15. The summed E-state index contributed by atoms with van der Waals surface area (Å²) in [6.07, 6.45) is 2.01. The molecule has 0 atom stereocenters. The van der Waals surface area contributed by atoms with Crippen LogP contribution in [0.1, 0.15) is 0 Å². The number of nitrogens with zero attached hydrogens (tertiary/aromatic N) is 2. The highest BCUT2D eigenvalue weighted by Gasteiger charge is 2.20. The van der Waals surface area contributed by atoms with Gasteiger partial charge in [-0.05, 0) is 119 Å². The second-order valence-corrected chi connectivity index (χ2v) is 20.5. The van der Waals surface area contributed by atoms with Crippen LogP contribution in [0.5, 0.6) is 0 Å². The van der Waals surface area contributed by atoms with E-state index in [4.69, 9.17) is 9.97 Å². The first-order valence-corrected chi connectivity index (χ1v) is 25.4. The summed E-state index contributed by atoms with van der Waals surface area (Å²) in [7, 11) is 0. The molecule has 0 bridgehead atoms. The van der Waals surface area contributed by atoms with Gasteiger partial charge in [-0.25, -0.2) is 4.98 Å². The van der Waals surface area contributed by atoms with E-state index >= 15 is 0 Å². The molecule has 0 amide bonds. The van der Waals surface area contributed by atoms with Crippen LogP contribution in [0.3, 0.4) is 0 Å². The van der Waals surface area contributed by atoms with E-state index in [1.165, 1.54) is 84.1 Å². The summed E-state index contributed by atoms with van der Waals surface area (Å²) in [6.45, 7) is 0. The largest absolute Gasteiger partial charge is 0.252 e. The smallest absolute Gasteiger partial charge is 0.0979 e. The Balaban J connectivity index is 1.01. The summed E-state index contributed by atoms with van der Waals surface area (Å²) < 4.78 is 5.17. The zero-order valence-electron chi connectivity index (χ0n) is 37.7. The number of rotatable bonds is 5. The molecule has 0 aliphatic rings. The first kappa shape index (κ1) is 39.5. The van der Waals surface area contributed by atoms with E-state index in [1.54, 1.807) is 0 Å². The van der Waals surface area contributed by atoms with Gasteiger partial charge in [0.15, 0.2) is 0 Å². The fraction of sp³-hybridized carbons (Fsp3) is 0. The van der Waals surface area contributed by atoms with Crippen LogP contribution in [0.4, 0.5) is 0 Å². The Morgan fingerprint density at radius 3 is 1.26 bits per heavy atom. The molecule has 0 fully saturated rings. The van der Waals surface area contributed by atoms with Crippen LogP contribution in [0, 0.1) is 0 Å². The maximum Gasteiger partial charge on any atom is 0.0979 e. The molecule has 0 saturated carbocycles. The number of hydrogen-bond acceptors (Lipinski definition) is 4. The molecule has 2 nitrogen and oxygen atoms in total. The number of hydrogen-bond donors (Lipinski definition) is 0. The highest BCUT2D eigenvalue weighted by molar-refractivity contribution is 7.26. The second-order valence-electron chi connectivity index (χ2n) is 18.4. The van der Waals surface area contributed by atoms with E-state index in [0.29, 0.717) is 0 Å². The third kappa shape index (κ3) is 6.10. The van der Waals surface area contributed by atoms with Gasteiger partial charge in [0.1, 0.15) is 0 Å². The summed E-state index contributed by atoms with van der Waals surface area (Å²) in [4.78, 5) is 11.3. The van der Waals surface area contributed by atoms with Crippen LogP contribution >= 0.6 is 22.7 Å². The van der Waals surface area contributed by atoms with Crippen LogP contribution in [0.15, 0.2) is 231 Å². The fourth-order valence-electron chi connectivity index (χ4n) is 11.2. The van der Waals surface area contributed by atoms with Crippen molar-refractivity contribution in [1.29, 1.82) is 0 Å². The lowest BCUT2D eigenvalue weighted by molar-refractivity contribution is 1.31. The fourth-order valence-corrected chi connectivity index (χ4v) is 13.7. The SMILES string of the molecule is c1ccc2c(-c3ccc4c5ccc(-c6cccc7ccccc67)cc5c5nc(-c6cc(-c7cccc8c7sc7ccccc78)cc(-c7cccc8c7sc7ccccc78)c6)cnc5c4c3)cccc2c1. The summed E-state index contributed by atoms with van der Waals surface area (Å²) >= 11 is 3.74. The lowest BCUT2D eigenvalue weighted by Crippen LogP contribution is -1.94. The number of benzene rings is 12. The highest BCUT2D eigenvalue weighted by atomic mass is 32.1. The molecule has 3 aromatic heterocycles. The first-order chi connectivity index (χ1) is 34.7. The maximum atomic E-state index is 5.78. The minimum Gasteiger partial charge on any atom is -0.252 e. The van der Waals surface area contributed by atoms with Gasteiger partial charge in [-0.2, -0.15) is 0 Å². The molecule has 324 valence electrons. The predicted molar refractivity (Wildman–Crippen MR) is 303 cm³/mol. The number of thiophene rings is 2. The van der Waals surface area contributed by atoms with Crippen molar-refractivity contribution in [1.82, 2.24) is 9.97 Å². The standard InChI is InChI=1S/C66H38N2S2/c1-3-17-46-39(13-1)15-9-21-48(46)41-29-31-52-53-32-30-42(49-22-10-16-40-14-2-4-18-47(40)49)37-59(53)64-63(58(52)36-41)67-38-60(68-64)45-34-43(50-23-11-25-56-54-19-5-7-27-61(54)69-65(50)56)33-44(35-45)51-24-12-26-57-55-20-6-8-28-62(55)70-66(51)57/h1-38H. The molecule has 0 N–H and O–H groups in total. The Kier molecular flexibility index (Phi) is 8.73. The molecular formula is C66H38N2S2. The van der Waals surface area contributed by atoms with Crippen LogP contribution in [0.2, 0.25) is 0 Å². The average molecular weight is 923 g/mol. The van der Waals surface area contributed by atoms with Gasteiger partial charge in [-0.3, -0.25) is 4.98 Å². The van der Waals surface area contributed by atoms with Crippen molar-refractivity contribution in [2.75, 3.05) is 0 Å². The molecule has 3 heterocycles. The molecule has 12 aromatic carbocycles. The summed E-state index contributed by atoms with van der Waals surface area (Å²) in [5.41, 5.74) is 13.1. The number of fused-ring (bicyclic) bond motifs is 14. The number of aromatic nitrogens is 2. The molecule has 4 heteroatoms. The van der Waals surface area contributed by atoms with E-state index in [0.717, 1.165) is 66.1 Å². The minimum absolute atomic E-state index is 0.837. The van der Waals surface area contributed by atoms with Gasteiger partial charge in [-0.1, -0.05) is 182 Å². The molecule has 70 heavy (non-hydrogen) atoms. The normalized spacial score (nSPS) is 12.0. The van der Waals surface area contributed by atoms with Crippen molar-refractivity contribution in [3.8, 4) is 55.8 Å². The molecule has 0 unspecified atom stereocenters. The first-order valence-electron chi connectivity index (χ1n) is 23.8. The minimum atomic E-state index is 0.837. The van der Waals surface area contributed by atoms with Gasteiger partial charge in [0.25, 0.3) is 0 Å². The van der Waals surface area contributed by atoms with E-state index < -0.39 is 0 Å². The topological polar surface area (TPSA) is 25.8 Å². The van der Waals surface area contributed by atoms with Gasteiger partial charge in [0.2, 0.25) is 0 Å². The molecule has 0 aliphatic heterocycles. The molecule has 15 aromatic rings. The zero-order valence-corrected chi connectivity index (χ0v) is 39.3. The summed E-state index contributed by atoms with van der Waals surface area (Å²) in [5.74, 6) is 0. The second kappa shape index (κ2) is 15.5. The van der Waals surface area contributed by atoms with Crippen LogP contribution in [0.25, 0.3) is 150 Å². The molecule has 0 saturated heterocycles. The van der Waals surface area contributed by atoms with E-state index in [-0.39, 0.29) is 0 Å². The average Bonchev–Trinajstić information content (AvgIpc) is 4.01. The highest BCUT2D eigenvalue weighted by Crippen LogP contribution is 2.46. The third-order valence-corrected chi connectivity index (χ3v) is 16.9. The van der Waals surface area contributed by atoms with Crippen LogP contribution < -0.4 is 0 Å². The van der Waals surface area contributed by atoms with E-state index in [2.05, 4.69) is 224 Å². The molecular weight excluding hydrogens is 885 g/mol. The third-order valence-electron chi connectivity index (χ3n) is 14.5. The van der Waals surface area contributed by atoms with Gasteiger partial charge in [0.05, 0.1) is 22.9 Å². The summed E-state index contributed by atoms with van der Waals surface area (Å²) in [6, 6.07) is 82.5. The van der Waals surface area contributed by atoms with Crippen LogP contribution in [-0.4, -0.2) is 9.97 Å². The molecule has 0 radical (unpaired) electrons. The van der Waals surface area contributed by atoms with Gasteiger partial charge in [-0.15, -0.1) is 22.7 Å². The molecule has 0 aliphatic carbocycles. The molecule has 15 rings (SSSR count). The van der Waals surface area contributed by atoms with Crippen molar-refractivity contribution in [2.24, 2.45) is 0 Å². The quantitative estimate of drug-likeness (QED) is 0.161. The van der Waals surface area contributed by atoms with Gasteiger partial charge in [0, 0.05) is 56.7 Å².